The van der Waals surface area contributed by atoms with Crippen LogP contribution in [0.1, 0.15) is 132 Å². The van der Waals surface area contributed by atoms with Crippen molar-refractivity contribution in [3.05, 3.63) is 35.9 Å². The van der Waals surface area contributed by atoms with E-state index in [1.165, 1.54) is 6.92 Å². The Balaban J connectivity index is 2.46. The molecule has 37 heteroatoms. The van der Waals surface area contributed by atoms with Crippen molar-refractivity contribution in [3.63, 3.8) is 0 Å². The highest BCUT2D eigenvalue weighted by Crippen LogP contribution is 2.21. The molecule has 554 valence electrons. The molecule has 1 aliphatic rings. The maximum absolute atomic E-state index is 14.5. The van der Waals surface area contributed by atoms with Crippen molar-refractivity contribution >= 4 is 94.7 Å². The molecule has 0 radical (unpaired) electrons. The number of hydrogen-bond donors (Lipinski definition) is 20. The first kappa shape index (κ1) is 85.3. The van der Waals surface area contributed by atoms with Gasteiger partial charge in [0.15, 0.2) is 11.9 Å². The molecule has 0 spiro atoms. The van der Waals surface area contributed by atoms with Crippen LogP contribution in [0.5, 0.6) is 0 Å². The van der Waals surface area contributed by atoms with E-state index in [0.717, 1.165) is 11.8 Å². The predicted molar refractivity (Wildman–Crippen MR) is 358 cm³/mol. The molecule has 0 saturated carbocycles. The number of aliphatic carboxylic acids is 2. The van der Waals surface area contributed by atoms with Crippen molar-refractivity contribution in [1.82, 2.24) is 58.1 Å². The van der Waals surface area contributed by atoms with Gasteiger partial charge in [0.1, 0.15) is 66.5 Å². The molecule has 1 aromatic rings. The van der Waals surface area contributed by atoms with Crippen LogP contribution in [-0.4, -0.2) is 225 Å². The molecule has 1 saturated heterocycles. The summed E-state index contributed by atoms with van der Waals surface area (Å²) in [5, 5.41) is 65.8. The summed E-state index contributed by atoms with van der Waals surface area (Å²) >= 11 is 0. The highest BCUT2D eigenvalue weighted by atomic mass is 16.4. The third-order valence-corrected chi connectivity index (χ3v) is 15.3. The molecule has 0 aromatic heterocycles. The fourth-order valence-corrected chi connectivity index (χ4v) is 10.3. The summed E-state index contributed by atoms with van der Waals surface area (Å²) in [5.41, 5.74) is 33.1. The number of likely N-dealkylation sites (tertiary alicyclic amines) is 1. The van der Waals surface area contributed by atoms with E-state index in [2.05, 4.69) is 63.2 Å². The predicted octanol–water partition coefficient (Wildman–Crippen LogP) is -6.53. The van der Waals surface area contributed by atoms with Crippen molar-refractivity contribution in [3.8, 4) is 0 Å². The number of nitrogens with zero attached hydrogens (tertiary/aromatic N) is 3. The zero-order valence-corrected chi connectivity index (χ0v) is 57.2. The Bertz CT molecular complexity index is 3000. The quantitative estimate of drug-likeness (QED) is 0.0164. The van der Waals surface area contributed by atoms with Crippen molar-refractivity contribution in [2.45, 2.75) is 211 Å². The number of aliphatic imine (C=N–C) groups is 2. The number of aliphatic hydroxyl groups excluding tert-OH is 2. The average molecular weight is 1400 g/mol. The van der Waals surface area contributed by atoms with Gasteiger partial charge in [-0.15, -0.1) is 0 Å². The van der Waals surface area contributed by atoms with Gasteiger partial charge < -0.3 is 113 Å². The van der Waals surface area contributed by atoms with Crippen molar-refractivity contribution in [2.75, 3.05) is 26.2 Å². The summed E-state index contributed by atoms with van der Waals surface area (Å²) in [4.78, 5) is 198. The standard InChI is InChI=1S/C62H103N19O18/c1-30(2)23-39(52(90)73-38(60(98)99)18-13-21-70-62(67)68)74-53(91)40(24-31(3)4)75-55(93)42(26-35-15-10-9-11-16-35)76-56(94)44(29-82)79-51(89)37(17-12-20-69-61(65)66)72-57(95)45-19-14-22-81(45)59(97)43(28-47(85)86)78-54(92)41(25-32(5)6)77-58(96)48(34(8)83)80-49(87)33(7)71-50(88)36(63)27-46(64)84/h9-11,15-16,30-34,36-45,48,82-83H,12-14,17-29,63H2,1-8H3,(H2,64,84)(H,71,88)(H,72,95)(H,73,90)(H,74,91)(H,75,93)(H,76,94)(H,77,96)(H,78,92)(H,79,89)(H,80,87)(H,85,86)(H,98,99)(H4,65,66,69)(H4,67,68,70). The normalized spacial score (nSPS) is 16.3. The Morgan fingerprint density at radius 2 is 0.949 bits per heavy atom. The van der Waals surface area contributed by atoms with Crippen molar-refractivity contribution in [1.29, 1.82) is 0 Å². The van der Waals surface area contributed by atoms with Gasteiger partial charge in [-0.3, -0.25) is 72.3 Å². The maximum Gasteiger partial charge on any atom is 0.326 e. The summed E-state index contributed by atoms with van der Waals surface area (Å²) in [7, 11) is 0. The summed E-state index contributed by atoms with van der Waals surface area (Å²) in [5.74, 6) is -16.0. The zero-order valence-electron chi connectivity index (χ0n) is 57.2. The minimum absolute atomic E-state index is 0.00476. The monoisotopic (exact) mass is 1400 g/mol. The Kier molecular flexibility index (Phi) is 36.9. The molecule has 1 fully saturated rings. The lowest BCUT2D eigenvalue weighted by atomic mass is 9.99. The zero-order chi connectivity index (χ0) is 75.0. The van der Waals surface area contributed by atoms with Gasteiger partial charge in [-0.2, -0.15) is 0 Å². The third kappa shape index (κ3) is 31.5. The SMILES string of the molecule is CC(C)CC(NC(=O)C(CC(C)C)NC(=O)C(Cc1ccccc1)NC(=O)C(CO)NC(=O)C(CCCN=C(N)N)NC(=O)C1CCCN1C(=O)C(CC(=O)O)NC(=O)C(CC(C)C)NC(=O)C(NC(=O)C(C)NC(=O)C(N)CC(N)=O)C(C)O)C(=O)NC(CCCN=C(N)N)C(=O)O. The van der Waals surface area contributed by atoms with E-state index >= 15 is 0 Å². The number of guanidine groups is 2. The summed E-state index contributed by atoms with van der Waals surface area (Å²) in [6.07, 6.45) is -3.49. The van der Waals surface area contributed by atoms with Crippen LogP contribution in [0.2, 0.25) is 0 Å². The highest BCUT2D eigenvalue weighted by Gasteiger charge is 2.42. The second-order valence-electron chi connectivity index (χ2n) is 25.5. The topological polar surface area (TPSA) is 624 Å². The molecule has 37 nitrogen and oxygen atoms in total. The van der Waals surface area contributed by atoms with Crippen LogP contribution in [0.3, 0.4) is 0 Å². The van der Waals surface area contributed by atoms with Gasteiger partial charge in [0.25, 0.3) is 0 Å². The van der Waals surface area contributed by atoms with E-state index in [1.807, 2.05) is 0 Å². The van der Waals surface area contributed by atoms with Crippen molar-refractivity contribution in [2.24, 2.45) is 62.1 Å². The number of primary amides is 1. The summed E-state index contributed by atoms with van der Waals surface area (Å²) in [6.45, 7) is 11.5. The van der Waals surface area contributed by atoms with Gasteiger partial charge in [0.2, 0.25) is 70.9 Å². The molecule has 0 bridgehead atoms. The minimum atomic E-state index is -1.89. The van der Waals surface area contributed by atoms with Crippen LogP contribution in [-0.2, 0) is 73.5 Å². The number of hydrogen-bond acceptors (Lipinski definition) is 19. The maximum atomic E-state index is 14.5. The number of amides is 12. The van der Waals surface area contributed by atoms with Gasteiger partial charge >= 0.3 is 11.9 Å². The highest BCUT2D eigenvalue weighted by molar-refractivity contribution is 6.00. The molecule has 13 unspecified atom stereocenters. The number of rotatable bonds is 44. The molecule has 99 heavy (non-hydrogen) atoms. The molecule has 12 amide bonds. The van der Waals surface area contributed by atoms with Crippen LogP contribution in [0.25, 0.3) is 0 Å². The van der Waals surface area contributed by atoms with Gasteiger partial charge in [0.05, 0.1) is 31.6 Å². The number of nitrogens with one attached hydrogen (secondary N) is 10. The molecule has 0 aliphatic carbocycles. The van der Waals surface area contributed by atoms with Crippen LogP contribution >= 0.6 is 0 Å². The molecule has 13 atom stereocenters. The second-order valence-corrected chi connectivity index (χ2v) is 25.5. The van der Waals surface area contributed by atoms with Crippen LogP contribution in [0, 0.1) is 17.8 Å². The largest absolute Gasteiger partial charge is 0.481 e. The number of benzene rings is 1. The lowest BCUT2D eigenvalue weighted by Gasteiger charge is -2.31. The molecule has 2 rings (SSSR count). The van der Waals surface area contributed by atoms with E-state index in [1.54, 1.807) is 71.9 Å². The lowest BCUT2D eigenvalue weighted by molar-refractivity contribution is -0.146. The number of aliphatic hydroxyl groups is 2. The summed E-state index contributed by atoms with van der Waals surface area (Å²) in [6, 6.07) is -10.0. The molecule has 1 aliphatic heterocycles. The fraction of sp³-hybridized carbons (Fsp3) is 0.645. The Morgan fingerprint density at radius 3 is 1.40 bits per heavy atom. The molecule has 1 heterocycles. The first-order valence-corrected chi connectivity index (χ1v) is 32.6. The third-order valence-electron chi connectivity index (χ3n) is 15.3. The molecule has 26 N–H and O–H groups in total. The minimum Gasteiger partial charge on any atom is -0.481 e. The van der Waals surface area contributed by atoms with Gasteiger partial charge in [0, 0.05) is 26.1 Å². The van der Waals surface area contributed by atoms with Gasteiger partial charge in [-0.1, -0.05) is 71.9 Å². The number of carbonyl (C=O) groups excluding carboxylic acids is 12. The van der Waals surface area contributed by atoms with E-state index < -0.39 is 181 Å². The first-order chi connectivity index (χ1) is 46.3. The molecular weight excluding hydrogens is 1300 g/mol. The number of carboxylic acids is 2. The summed E-state index contributed by atoms with van der Waals surface area (Å²) < 4.78 is 0. The van der Waals surface area contributed by atoms with E-state index in [-0.39, 0.29) is 114 Å². The second kappa shape index (κ2) is 42.8. The smallest absolute Gasteiger partial charge is 0.326 e. The Morgan fingerprint density at radius 1 is 0.515 bits per heavy atom. The van der Waals surface area contributed by atoms with E-state index in [9.17, 15) is 87.5 Å². The molecule has 1 aromatic carbocycles. The van der Waals surface area contributed by atoms with E-state index in [0.29, 0.717) is 5.56 Å². The van der Waals surface area contributed by atoms with Gasteiger partial charge in [-0.25, -0.2) is 4.79 Å². The van der Waals surface area contributed by atoms with Crippen molar-refractivity contribution < 1.29 is 87.5 Å². The van der Waals surface area contributed by atoms with E-state index in [4.69, 9.17) is 34.4 Å². The fourth-order valence-electron chi connectivity index (χ4n) is 10.3. The van der Waals surface area contributed by atoms with Crippen LogP contribution in [0.4, 0.5) is 0 Å². The number of nitrogens with two attached hydrogens (primary N) is 6. The average Bonchev–Trinajstić information content (AvgIpc) is 1.77. The first-order valence-electron chi connectivity index (χ1n) is 32.6. The Labute approximate surface area is 573 Å². The number of carbonyl (C=O) groups is 14. The van der Waals surface area contributed by atoms with Crippen LogP contribution < -0.4 is 87.6 Å². The number of carboxylic acid groups (broad SMARTS) is 2. The van der Waals surface area contributed by atoms with Crippen LogP contribution in [0.15, 0.2) is 40.3 Å². The van der Waals surface area contributed by atoms with Gasteiger partial charge in [-0.05, 0) is 95.0 Å². The molecular formula is C62H103N19O18. The Hall–Kier alpha value is -9.78. The lowest BCUT2D eigenvalue weighted by Crippen LogP contribution is -2.62.